The van der Waals surface area contributed by atoms with Crippen LogP contribution < -0.4 is 9.47 Å². The van der Waals surface area contributed by atoms with Crippen molar-refractivity contribution in [3.8, 4) is 11.6 Å². The maximum atomic E-state index is 12.6. The highest BCUT2D eigenvalue weighted by Crippen LogP contribution is 2.22. The smallest absolute Gasteiger partial charge is 0.261 e. The fourth-order valence-electron chi connectivity index (χ4n) is 2.55. The van der Waals surface area contributed by atoms with E-state index in [9.17, 15) is 4.79 Å². The highest BCUT2D eigenvalue weighted by molar-refractivity contribution is 5.96. The van der Waals surface area contributed by atoms with Gasteiger partial charge in [-0.15, -0.1) is 5.10 Å². The molecule has 1 fully saturated rings. The number of amides is 1. The number of aryl methyl sites for hydroxylation is 1. The maximum absolute atomic E-state index is 12.6. The van der Waals surface area contributed by atoms with Gasteiger partial charge >= 0.3 is 0 Å². The number of carbonyl (C=O) groups excluding carboxylic acids is 1. The van der Waals surface area contributed by atoms with E-state index in [4.69, 9.17) is 9.47 Å². The molecule has 0 aliphatic carbocycles. The van der Waals surface area contributed by atoms with Crippen LogP contribution >= 0.6 is 0 Å². The Morgan fingerprint density at radius 3 is 2.86 bits per heavy atom. The largest absolute Gasteiger partial charge is 0.488 e. The summed E-state index contributed by atoms with van der Waals surface area (Å²) in [5.41, 5.74) is 0.481. The zero-order valence-electron chi connectivity index (χ0n) is 12.6. The lowest BCUT2D eigenvalue weighted by molar-refractivity contribution is 0.0769. The molecule has 0 radical (unpaired) electrons. The highest BCUT2D eigenvalue weighted by Gasteiger charge is 2.30. The molecule has 1 saturated heterocycles. The SMILES string of the molecule is COc1nn(C)cc1C(=O)N1CC[C@@H](Oc2ccncc2)C1. The Morgan fingerprint density at radius 1 is 1.36 bits per heavy atom. The standard InChI is InChI=1S/C15H18N4O3/c1-18-10-13(14(17-18)21-2)15(20)19-8-5-12(9-19)22-11-3-6-16-7-4-11/h3-4,6-7,10,12H,5,8-9H2,1-2H3/t12-/m1/s1. The first-order valence-electron chi connectivity index (χ1n) is 7.11. The van der Waals surface area contributed by atoms with Gasteiger partial charge in [0.25, 0.3) is 5.91 Å². The molecule has 0 N–H and O–H groups in total. The number of methoxy groups -OCH3 is 1. The molecule has 1 amide bonds. The molecule has 2 aromatic rings. The van der Waals surface area contributed by atoms with Crippen LogP contribution in [0.4, 0.5) is 0 Å². The molecule has 1 aliphatic heterocycles. The number of pyridine rings is 1. The van der Waals surface area contributed by atoms with E-state index in [1.807, 2.05) is 12.1 Å². The normalized spacial score (nSPS) is 17.5. The topological polar surface area (TPSA) is 69.5 Å². The number of aromatic nitrogens is 3. The summed E-state index contributed by atoms with van der Waals surface area (Å²) in [5, 5.41) is 4.12. The Bertz CT molecular complexity index is 656. The van der Waals surface area contributed by atoms with Crippen LogP contribution in [0.1, 0.15) is 16.8 Å². The lowest BCUT2D eigenvalue weighted by Gasteiger charge is -2.16. The molecule has 0 bridgehead atoms. The van der Waals surface area contributed by atoms with Crippen molar-refractivity contribution in [2.75, 3.05) is 20.2 Å². The van der Waals surface area contributed by atoms with Crippen LogP contribution in [-0.2, 0) is 7.05 Å². The summed E-state index contributed by atoms with van der Waals surface area (Å²) in [6.07, 6.45) is 5.85. The second-order valence-electron chi connectivity index (χ2n) is 5.19. The first-order valence-corrected chi connectivity index (χ1v) is 7.11. The molecule has 1 atom stereocenters. The Kier molecular flexibility index (Phi) is 3.95. The van der Waals surface area contributed by atoms with E-state index in [0.717, 1.165) is 12.2 Å². The number of hydrogen-bond acceptors (Lipinski definition) is 5. The van der Waals surface area contributed by atoms with Gasteiger partial charge in [0.05, 0.1) is 13.7 Å². The van der Waals surface area contributed by atoms with Crippen molar-refractivity contribution in [1.29, 1.82) is 0 Å². The van der Waals surface area contributed by atoms with Crippen LogP contribution in [0.25, 0.3) is 0 Å². The van der Waals surface area contributed by atoms with Gasteiger partial charge in [0, 0.05) is 38.6 Å². The van der Waals surface area contributed by atoms with Gasteiger partial charge in [-0.2, -0.15) is 0 Å². The predicted molar refractivity (Wildman–Crippen MR) is 78.9 cm³/mol. The average molecular weight is 302 g/mol. The Balaban J connectivity index is 1.66. The third kappa shape index (κ3) is 2.88. The van der Waals surface area contributed by atoms with Crippen LogP contribution in [0, 0.1) is 0 Å². The number of likely N-dealkylation sites (tertiary alicyclic amines) is 1. The first-order chi connectivity index (χ1) is 10.7. The van der Waals surface area contributed by atoms with E-state index in [-0.39, 0.29) is 12.0 Å². The van der Waals surface area contributed by atoms with Crippen LogP contribution in [0.2, 0.25) is 0 Å². The third-order valence-corrected chi connectivity index (χ3v) is 3.60. The van der Waals surface area contributed by atoms with Gasteiger partial charge in [0.1, 0.15) is 17.4 Å². The van der Waals surface area contributed by atoms with Crippen LogP contribution in [-0.4, -0.2) is 51.9 Å². The summed E-state index contributed by atoms with van der Waals surface area (Å²) in [6, 6.07) is 3.63. The number of rotatable bonds is 4. The van der Waals surface area contributed by atoms with Crippen LogP contribution in [0.5, 0.6) is 11.6 Å². The van der Waals surface area contributed by atoms with Crippen molar-refractivity contribution >= 4 is 5.91 Å². The summed E-state index contributed by atoms with van der Waals surface area (Å²) >= 11 is 0. The molecule has 0 spiro atoms. The molecule has 7 heteroatoms. The summed E-state index contributed by atoms with van der Waals surface area (Å²) in [6.45, 7) is 1.21. The molecule has 1 aliphatic rings. The molecule has 0 unspecified atom stereocenters. The van der Waals surface area contributed by atoms with E-state index in [0.29, 0.717) is 24.5 Å². The van der Waals surface area contributed by atoms with Gasteiger partial charge < -0.3 is 14.4 Å². The minimum absolute atomic E-state index is 0.00554. The predicted octanol–water partition coefficient (Wildman–Crippen LogP) is 1.12. The molecule has 3 heterocycles. The van der Waals surface area contributed by atoms with Crippen molar-refractivity contribution in [2.45, 2.75) is 12.5 Å². The molecular weight excluding hydrogens is 284 g/mol. The quantitative estimate of drug-likeness (QED) is 0.846. The molecular formula is C15H18N4O3. The van der Waals surface area contributed by atoms with Crippen LogP contribution in [0.3, 0.4) is 0 Å². The van der Waals surface area contributed by atoms with Gasteiger partial charge in [-0.1, -0.05) is 0 Å². The van der Waals surface area contributed by atoms with E-state index in [1.165, 1.54) is 7.11 Å². The maximum Gasteiger partial charge on any atom is 0.261 e. The zero-order chi connectivity index (χ0) is 15.5. The van der Waals surface area contributed by atoms with E-state index in [1.54, 1.807) is 35.2 Å². The van der Waals surface area contributed by atoms with Gasteiger partial charge in [0.15, 0.2) is 0 Å². The van der Waals surface area contributed by atoms with Crippen molar-refractivity contribution in [3.05, 3.63) is 36.3 Å². The fraction of sp³-hybridized carbons (Fsp3) is 0.400. The first kappa shape index (κ1) is 14.4. The molecule has 0 saturated carbocycles. The molecule has 3 rings (SSSR count). The van der Waals surface area contributed by atoms with E-state index in [2.05, 4.69) is 10.1 Å². The van der Waals surface area contributed by atoms with E-state index < -0.39 is 0 Å². The average Bonchev–Trinajstić information content (AvgIpc) is 3.14. The van der Waals surface area contributed by atoms with Crippen molar-refractivity contribution in [2.24, 2.45) is 7.05 Å². The summed E-state index contributed by atoms with van der Waals surface area (Å²) in [4.78, 5) is 18.3. The van der Waals surface area contributed by atoms with Crippen LogP contribution in [0.15, 0.2) is 30.7 Å². The van der Waals surface area contributed by atoms with Crippen molar-refractivity contribution < 1.29 is 14.3 Å². The molecule has 22 heavy (non-hydrogen) atoms. The third-order valence-electron chi connectivity index (χ3n) is 3.60. The number of ether oxygens (including phenoxy) is 2. The molecule has 7 nitrogen and oxygen atoms in total. The van der Waals surface area contributed by atoms with Crippen molar-refractivity contribution in [3.63, 3.8) is 0 Å². The number of hydrogen-bond donors (Lipinski definition) is 0. The number of carbonyl (C=O) groups is 1. The Hall–Kier alpha value is -2.57. The van der Waals surface area contributed by atoms with E-state index >= 15 is 0 Å². The summed E-state index contributed by atoms with van der Waals surface area (Å²) in [5.74, 6) is 1.05. The molecule has 0 aromatic carbocycles. The van der Waals surface area contributed by atoms with Gasteiger partial charge in [-0.25, -0.2) is 0 Å². The Labute approximate surface area is 128 Å². The highest BCUT2D eigenvalue weighted by atomic mass is 16.5. The monoisotopic (exact) mass is 302 g/mol. The minimum Gasteiger partial charge on any atom is -0.488 e. The molecule has 2 aromatic heterocycles. The lowest BCUT2D eigenvalue weighted by Crippen LogP contribution is -2.31. The van der Waals surface area contributed by atoms with Gasteiger partial charge in [-0.3, -0.25) is 14.5 Å². The minimum atomic E-state index is -0.0780. The summed E-state index contributed by atoms with van der Waals surface area (Å²) in [7, 11) is 3.27. The van der Waals surface area contributed by atoms with Gasteiger partial charge in [-0.05, 0) is 12.1 Å². The summed E-state index contributed by atoms with van der Waals surface area (Å²) < 4.78 is 12.6. The fourth-order valence-corrected chi connectivity index (χ4v) is 2.55. The lowest BCUT2D eigenvalue weighted by atomic mass is 10.3. The molecule has 116 valence electrons. The van der Waals surface area contributed by atoms with Gasteiger partial charge in [0.2, 0.25) is 5.88 Å². The zero-order valence-corrected chi connectivity index (χ0v) is 12.6. The van der Waals surface area contributed by atoms with Crippen molar-refractivity contribution in [1.82, 2.24) is 19.7 Å². The second-order valence-corrected chi connectivity index (χ2v) is 5.19. The number of nitrogens with zero attached hydrogens (tertiary/aromatic N) is 4. The second kappa shape index (κ2) is 6.05. The Morgan fingerprint density at radius 2 is 2.14 bits per heavy atom.